The van der Waals surface area contributed by atoms with Crippen molar-refractivity contribution in [2.24, 2.45) is 0 Å². The van der Waals surface area contributed by atoms with Crippen LogP contribution in [0.5, 0.6) is 0 Å². The highest BCUT2D eigenvalue weighted by atomic mass is 16.4. The zero-order valence-corrected chi connectivity index (χ0v) is 9.73. The third-order valence-corrected chi connectivity index (χ3v) is 3.70. The minimum absolute atomic E-state index is 0.0605. The number of carboxylic acids is 1. The largest absolute Gasteiger partial charge is 0.478 e. The van der Waals surface area contributed by atoms with Gasteiger partial charge in [0, 0.05) is 5.54 Å². The van der Waals surface area contributed by atoms with E-state index in [0.717, 1.165) is 18.4 Å². The third kappa shape index (κ3) is 1.52. The fraction of sp³-hybridized carbons (Fsp3) is 0.462. The highest BCUT2D eigenvalue weighted by molar-refractivity contribution is 5.89. The van der Waals surface area contributed by atoms with Crippen molar-refractivity contribution in [3.63, 3.8) is 0 Å². The molecule has 3 heteroatoms. The van der Waals surface area contributed by atoms with Crippen LogP contribution in [0, 0.1) is 0 Å². The lowest BCUT2D eigenvalue weighted by Gasteiger charge is -2.48. The molecular weight excluding hydrogens is 202 g/mol. The maximum absolute atomic E-state index is 11.2. The minimum Gasteiger partial charge on any atom is -0.478 e. The first-order valence-electron chi connectivity index (χ1n) is 5.58. The minimum atomic E-state index is -0.830. The fourth-order valence-electron chi connectivity index (χ4n) is 2.54. The molecule has 0 spiro atoms. The van der Waals surface area contributed by atoms with E-state index in [0.29, 0.717) is 5.56 Å². The molecule has 0 radical (unpaired) electrons. The van der Waals surface area contributed by atoms with E-state index in [1.807, 2.05) is 26.2 Å². The van der Waals surface area contributed by atoms with Gasteiger partial charge in [-0.2, -0.15) is 0 Å². The summed E-state index contributed by atoms with van der Waals surface area (Å²) in [5.74, 6) is -0.830. The quantitative estimate of drug-likeness (QED) is 0.848. The Hall–Kier alpha value is -1.35. The third-order valence-electron chi connectivity index (χ3n) is 3.70. The summed E-state index contributed by atoms with van der Waals surface area (Å²) in [4.78, 5) is 13.4. The highest BCUT2D eigenvalue weighted by Crippen LogP contribution is 2.46. The number of hydrogen-bond acceptors (Lipinski definition) is 2. The van der Waals surface area contributed by atoms with Crippen LogP contribution < -0.4 is 0 Å². The Balaban J connectivity index is 2.50. The molecule has 3 nitrogen and oxygen atoms in total. The lowest BCUT2D eigenvalue weighted by atomic mass is 9.69. The van der Waals surface area contributed by atoms with Gasteiger partial charge in [-0.3, -0.25) is 4.90 Å². The van der Waals surface area contributed by atoms with Gasteiger partial charge in [0.15, 0.2) is 0 Å². The molecule has 0 amide bonds. The van der Waals surface area contributed by atoms with E-state index >= 15 is 0 Å². The van der Waals surface area contributed by atoms with Crippen LogP contribution in [-0.4, -0.2) is 30.1 Å². The van der Waals surface area contributed by atoms with Gasteiger partial charge >= 0.3 is 5.97 Å². The normalized spacial score (nSPS) is 18.2. The summed E-state index contributed by atoms with van der Waals surface area (Å²) < 4.78 is 0. The summed E-state index contributed by atoms with van der Waals surface area (Å²) in [7, 11) is 4.05. The highest BCUT2D eigenvalue weighted by Gasteiger charge is 2.42. The Labute approximate surface area is 95.7 Å². The maximum atomic E-state index is 11.2. The first-order chi connectivity index (χ1) is 7.58. The molecule has 0 bridgehead atoms. The van der Waals surface area contributed by atoms with E-state index in [2.05, 4.69) is 4.90 Å². The van der Waals surface area contributed by atoms with Crippen LogP contribution in [0.15, 0.2) is 24.3 Å². The van der Waals surface area contributed by atoms with Crippen molar-refractivity contribution >= 4 is 5.97 Å². The van der Waals surface area contributed by atoms with Crippen molar-refractivity contribution in [3.05, 3.63) is 35.4 Å². The van der Waals surface area contributed by atoms with Gasteiger partial charge in [0.2, 0.25) is 0 Å². The molecule has 2 rings (SSSR count). The number of hydrogen-bond donors (Lipinski definition) is 1. The predicted molar refractivity (Wildman–Crippen MR) is 62.6 cm³/mol. The van der Waals surface area contributed by atoms with Crippen LogP contribution in [0.25, 0.3) is 0 Å². The molecule has 0 unspecified atom stereocenters. The van der Waals surface area contributed by atoms with Gasteiger partial charge in [-0.1, -0.05) is 18.2 Å². The molecule has 0 heterocycles. The molecule has 1 fully saturated rings. The van der Waals surface area contributed by atoms with Crippen molar-refractivity contribution in [3.8, 4) is 0 Å². The Morgan fingerprint density at radius 3 is 2.38 bits per heavy atom. The lowest BCUT2D eigenvalue weighted by Crippen LogP contribution is -2.47. The van der Waals surface area contributed by atoms with Gasteiger partial charge in [0.25, 0.3) is 0 Å². The van der Waals surface area contributed by atoms with Crippen molar-refractivity contribution in [1.29, 1.82) is 0 Å². The predicted octanol–water partition coefficient (Wildman–Crippen LogP) is 2.33. The van der Waals surface area contributed by atoms with Gasteiger partial charge in [-0.05, 0) is 45.0 Å². The SMILES string of the molecule is CN(C)C1(c2ccccc2C(=O)O)CCC1. The number of aromatic carboxylic acids is 1. The van der Waals surface area contributed by atoms with E-state index in [1.165, 1.54) is 6.42 Å². The van der Waals surface area contributed by atoms with E-state index in [9.17, 15) is 9.90 Å². The summed E-state index contributed by atoms with van der Waals surface area (Å²) in [6, 6.07) is 7.35. The zero-order valence-electron chi connectivity index (χ0n) is 9.73. The topological polar surface area (TPSA) is 40.5 Å². The van der Waals surface area contributed by atoms with Crippen LogP contribution in [0.1, 0.15) is 35.2 Å². The van der Waals surface area contributed by atoms with Crippen molar-refractivity contribution in [2.75, 3.05) is 14.1 Å². The number of carboxylic acid groups (broad SMARTS) is 1. The molecule has 86 valence electrons. The van der Waals surface area contributed by atoms with Crippen molar-refractivity contribution in [2.45, 2.75) is 24.8 Å². The first kappa shape index (κ1) is 11.1. The summed E-state index contributed by atoms with van der Waals surface area (Å²) >= 11 is 0. The van der Waals surface area contributed by atoms with E-state index in [-0.39, 0.29) is 5.54 Å². The molecule has 1 aliphatic carbocycles. The van der Waals surface area contributed by atoms with Crippen LogP contribution in [0.4, 0.5) is 0 Å². The number of benzene rings is 1. The molecule has 16 heavy (non-hydrogen) atoms. The average Bonchev–Trinajstić information content (AvgIpc) is 2.15. The molecule has 0 aliphatic heterocycles. The summed E-state index contributed by atoms with van der Waals surface area (Å²) in [5.41, 5.74) is 1.34. The Morgan fingerprint density at radius 1 is 1.31 bits per heavy atom. The van der Waals surface area contributed by atoms with Gasteiger partial charge in [-0.25, -0.2) is 4.79 Å². The average molecular weight is 219 g/mol. The molecule has 1 N–H and O–H groups in total. The standard InChI is InChI=1S/C13H17NO2/c1-14(2)13(8-5-9-13)11-7-4-3-6-10(11)12(15)16/h3-4,6-7H,5,8-9H2,1-2H3,(H,15,16). The van der Waals surface area contributed by atoms with Crippen LogP contribution in [0.3, 0.4) is 0 Å². The molecule has 1 aromatic rings. The monoisotopic (exact) mass is 219 g/mol. The Bertz CT molecular complexity index is 408. The Morgan fingerprint density at radius 2 is 1.94 bits per heavy atom. The van der Waals surface area contributed by atoms with E-state index in [4.69, 9.17) is 0 Å². The molecular formula is C13H17NO2. The van der Waals surface area contributed by atoms with Crippen LogP contribution in [0.2, 0.25) is 0 Å². The smallest absolute Gasteiger partial charge is 0.336 e. The second-order valence-electron chi connectivity index (χ2n) is 4.63. The molecule has 1 aliphatic rings. The van der Waals surface area contributed by atoms with Gasteiger partial charge in [0.1, 0.15) is 0 Å². The van der Waals surface area contributed by atoms with Crippen LogP contribution >= 0.6 is 0 Å². The Kier molecular flexibility index (Phi) is 2.72. The van der Waals surface area contributed by atoms with Gasteiger partial charge < -0.3 is 5.11 Å². The summed E-state index contributed by atoms with van der Waals surface area (Å²) in [5, 5.41) is 9.21. The second kappa shape index (κ2) is 3.91. The number of nitrogens with zero attached hydrogens (tertiary/aromatic N) is 1. The maximum Gasteiger partial charge on any atom is 0.336 e. The summed E-state index contributed by atoms with van der Waals surface area (Å²) in [6.45, 7) is 0. The molecule has 0 saturated heterocycles. The molecule has 1 aromatic carbocycles. The summed E-state index contributed by atoms with van der Waals surface area (Å²) in [6.07, 6.45) is 3.26. The first-order valence-corrected chi connectivity index (χ1v) is 5.58. The fourth-order valence-corrected chi connectivity index (χ4v) is 2.54. The van der Waals surface area contributed by atoms with Crippen LogP contribution in [-0.2, 0) is 5.54 Å². The van der Waals surface area contributed by atoms with Crippen molar-refractivity contribution in [1.82, 2.24) is 4.90 Å². The number of rotatable bonds is 3. The second-order valence-corrected chi connectivity index (χ2v) is 4.63. The van der Waals surface area contributed by atoms with E-state index < -0.39 is 5.97 Å². The molecule has 0 aromatic heterocycles. The van der Waals surface area contributed by atoms with Gasteiger partial charge in [0.05, 0.1) is 5.56 Å². The molecule has 1 saturated carbocycles. The number of carbonyl (C=O) groups is 1. The van der Waals surface area contributed by atoms with Gasteiger partial charge in [-0.15, -0.1) is 0 Å². The zero-order chi connectivity index (χ0) is 11.8. The lowest BCUT2D eigenvalue weighted by molar-refractivity contribution is 0.0525. The molecule has 0 atom stereocenters. The van der Waals surface area contributed by atoms with Crippen molar-refractivity contribution < 1.29 is 9.90 Å². The van der Waals surface area contributed by atoms with E-state index in [1.54, 1.807) is 12.1 Å².